The number of nitro groups is 1. The third-order valence-electron chi connectivity index (χ3n) is 1.53. The van der Waals surface area contributed by atoms with Crippen LogP contribution < -0.4 is 11.1 Å². The molecule has 10 heteroatoms. The van der Waals surface area contributed by atoms with Crippen molar-refractivity contribution >= 4 is 11.9 Å². The normalized spacial score (nSPS) is 10.2. The Hall–Kier alpha value is -2.26. The fraction of sp³-hybridized carbons (Fsp3) is 0.571. The summed E-state index contributed by atoms with van der Waals surface area (Å²) in [7, 11) is 1.51. The Balaban J connectivity index is 3.60. The van der Waals surface area contributed by atoms with Crippen molar-refractivity contribution in [2.24, 2.45) is 16.2 Å². The van der Waals surface area contributed by atoms with Gasteiger partial charge in [-0.3, -0.25) is 10.1 Å². The smallest absolute Gasteiger partial charge is 0.318 e. The van der Waals surface area contributed by atoms with Crippen molar-refractivity contribution in [1.82, 2.24) is 10.3 Å². The minimum atomic E-state index is -0.914. The molecule has 10 nitrogen and oxygen atoms in total. The molecule has 0 fully saturated rings. The highest BCUT2D eigenvalue weighted by Crippen LogP contribution is 1.97. The molecule has 0 heterocycles. The molecule has 0 aliphatic carbocycles. The summed E-state index contributed by atoms with van der Waals surface area (Å²) in [6.45, 7) is 0.387. The van der Waals surface area contributed by atoms with Gasteiger partial charge in [0.25, 0.3) is 0 Å². The van der Waals surface area contributed by atoms with Crippen LogP contribution in [0.4, 0.5) is 4.79 Å². The number of hydrogen-bond acceptors (Lipinski definition) is 5. The highest BCUT2D eigenvalue weighted by molar-refractivity contribution is 5.97. The molecule has 0 aliphatic heterocycles. The van der Waals surface area contributed by atoms with Crippen molar-refractivity contribution in [2.45, 2.75) is 12.8 Å². The van der Waals surface area contributed by atoms with Gasteiger partial charge in [-0.1, -0.05) is 0 Å². The predicted octanol–water partition coefficient (Wildman–Crippen LogP) is -0.344. The topological polar surface area (TPSA) is 143 Å². The van der Waals surface area contributed by atoms with Gasteiger partial charge in [0.15, 0.2) is 5.22 Å². The summed E-state index contributed by atoms with van der Waals surface area (Å²) >= 11 is 0. The van der Waals surface area contributed by atoms with Crippen LogP contribution in [0.15, 0.2) is 10.4 Å². The fourth-order valence-electron chi connectivity index (χ4n) is 0.871. The number of nitrogens with zero attached hydrogens (tertiary/aromatic N) is 4. The van der Waals surface area contributed by atoms with E-state index in [4.69, 9.17) is 5.73 Å². The second-order valence-corrected chi connectivity index (χ2v) is 3.00. The first-order chi connectivity index (χ1) is 7.91. The lowest BCUT2D eigenvalue weighted by atomic mass is 10.2. The van der Waals surface area contributed by atoms with E-state index in [9.17, 15) is 19.7 Å². The van der Waals surface area contributed by atoms with Gasteiger partial charge in [0.1, 0.15) is 0 Å². The Morgan fingerprint density at radius 1 is 1.59 bits per heavy atom. The van der Waals surface area contributed by atoms with E-state index in [1.165, 1.54) is 18.5 Å². The number of unbranched alkanes of at least 4 members (excludes halogenated alkanes) is 1. The minimum absolute atomic E-state index is 0.386. The number of amides is 3. The summed E-state index contributed by atoms with van der Waals surface area (Å²) in [6, 6.07) is -0.914. The molecular formula is C7H13N6O4. The maximum absolute atomic E-state index is 10.9. The second kappa shape index (κ2) is 7.96. The van der Waals surface area contributed by atoms with Crippen LogP contribution in [-0.2, 0) is 4.79 Å². The number of carbonyl (C=O) groups is 2. The molecule has 0 bridgehead atoms. The van der Waals surface area contributed by atoms with Crippen molar-refractivity contribution in [2.75, 3.05) is 13.6 Å². The monoisotopic (exact) mass is 245 g/mol. The summed E-state index contributed by atoms with van der Waals surface area (Å²) in [4.78, 5) is 31.0. The third-order valence-corrected chi connectivity index (χ3v) is 1.53. The Morgan fingerprint density at radius 2 is 2.24 bits per heavy atom. The van der Waals surface area contributed by atoms with Gasteiger partial charge in [-0.15, -0.1) is 0 Å². The molecule has 95 valence electrons. The van der Waals surface area contributed by atoms with Crippen molar-refractivity contribution in [3.63, 3.8) is 0 Å². The highest BCUT2D eigenvalue weighted by atomic mass is 16.7. The molecule has 17 heavy (non-hydrogen) atoms. The van der Waals surface area contributed by atoms with E-state index in [0.29, 0.717) is 19.4 Å². The Kier molecular flexibility index (Phi) is 6.90. The Bertz CT molecular complexity index is 317. The first-order valence-electron chi connectivity index (χ1n) is 4.62. The molecule has 0 rings (SSSR count). The molecule has 3 N–H and O–H groups in total. The van der Waals surface area contributed by atoms with Gasteiger partial charge in [0, 0.05) is 7.05 Å². The number of urea groups is 1. The van der Waals surface area contributed by atoms with Gasteiger partial charge in [0.05, 0.1) is 18.0 Å². The van der Waals surface area contributed by atoms with E-state index in [1.54, 1.807) is 0 Å². The first-order valence-corrected chi connectivity index (χ1v) is 4.62. The van der Waals surface area contributed by atoms with Crippen molar-refractivity contribution in [3.8, 4) is 0 Å². The van der Waals surface area contributed by atoms with Crippen LogP contribution in [0.2, 0.25) is 0 Å². The predicted molar refractivity (Wildman–Crippen MR) is 55.7 cm³/mol. The lowest BCUT2D eigenvalue weighted by molar-refractivity contribution is -0.496. The van der Waals surface area contributed by atoms with Crippen LogP contribution in [0.25, 0.3) is 0 Å². The molecular weight excluding hydrogens is 232 g/mol. The lowest BCUT2D eigenvalue weighted by Crippen LogP contribution is -2.35. The summed E-state index contributed by atoms with van der Waals surface area (Å²) in [5.41, 5.74) is 4.72. The van der Waals surface area contributed by atoms with Crippen molar-refractivity contribution in [1.29, 1.82) is 0 Å². The standard InChI is InChI=1S/C7H13N6O4/c1-12(10-11-13(16)17)5-3-2-4-6(14)9-7(8)15/h4H,2-3,5H2,1H3,(H3,8,9,14,15). The molecule has 0 atom stereocenters. The van der Waals surface area contributed by atoms with Crippen LogP contribution in [0.5, 0.6) is 0 Å². The number of imide groups is 1. The summed E-state index contributed by atoms with van der Waals surface area (Å²) in [6.07, 6.45) is 2.17. The quantitative estimate of drug-likeness (QED) is 0.273. The van der Waals surface area contributed by atoms with Crippen molar-refractivity contribution in [3.05, 3.63) is 16.5 Å². The molecule has 0 aromatic carbocycles. The largest absolute Gasteiger partial charge is 0.351 e. The van der Waals surface area contributed by atoms with Crippen molar-refractivity contribution < 1.29 is 14.6 Å². The maximum atomic E-state index is 10.9. The number of nitrogens with one attached hydrogen (secondary N) is 1. The van der Waals surface area contributed by atoms with Gasteiger partial charge in [-0.05, 0) is 12.8 Å². The highest BCUT2D eigenvalue weighted by Gasteiger charge is 2.05. The summed E-state index contributed by atoms with van der Waals surface area (Å²) < 4.78 is 0. The Morgan fingerprint density at radius 3 is 2.76 bits per heavy atom. The van der Waals surface area contributed by atoms with E-state index in [0.717, 1.165) is 0 Å². The zero-order chi connectivity index (χ0) is 13.3. The lowest BCUT2D eigenvalue weighted by Gasteiger charge is -2.04. The van der Waals surface area contributed by atoms with Gasteiger partial charge in [-0.2, -0.15) is 5.01 Å². The molecule has 0 aromatic rings. The van der Waals surface area contributed by atoms with Gasteiger partial charge >= 0.3 is 6.03 Å². The van der Waals surface area contributed by atoms with E-state index in [2.05, 4.69) is 10.4 Å². The van der Waals surface area contributed by atoms with E-state index in [-0.39, 0.29) is 0 Å². The van der Waals surface area contributed by atoms with Gasteiger partial charge in [0.2, 0.25) is 11.1 Å². The number of primary amides is 1. The number of nitrogens with two attached hydrogens (primary N) is 1. The van der Waals surface area contributed by atoms with E-state index in [1.807, 2.05) is 5.32 Å². The Labute approximate surface area is 96.9 Å². The minimum Gasteiger partial charge on any atom is -0.351 e. The molecule has 0 saturated heterocycles. The molecule has 0 aromatic heterocycles. The van der Waals surface area contributed by atoms with Crippen LogP contribution in [0.3, 0.4) is 0 Å². The maximum Gasteiger partial charge on any atom is 0.318 e. The number of rotatable bonds is 7. The second-order valence-electron chi connectivity index (χ2n) is 3.00. The number of hydrogen-bond donors (Lipinski definition) is 2. The summed E-state index contributed by atoms with van der Waals surface area (Å²) in [5.74, 6) is -0.577. The molecule has 0 aliphatic rings. The first kappa shape index (κ1) is 14.7. The average Bonchev–Trinajstić information content (AvgIpc) is 2.20. The van der Waals surface area contributed by atoms with Gasteiger partial charge < -0.3 is 15.8 Å². The average molecular weight is 245 g/mol. The summed E-state index contributed by atoms with van der Waals surface area (Å²) in [5, 5.41) is 18.0. The van der Waals surface area contributed by atoms with E-state index >= 15 is 0 Å². The van der Waals surface area contributed by atoms with Crippen LogP contribution in [0, 0.1) is 16.5 Å². The fourth-order valence-corrected chi connectivity index (χ4v) is 0.871. The molecule has 3 amide bonds. The zero-order valence-electron chi connectivity index (χ0n) is 9.20. The molecule has 0 spiro atoms. The third kappa shape index (κ3) is 10.0. The van der Waals surface area contributed by atoms with Crippen LogP contribution >= 0.6 is 0 Å². The molecule has 0 saturated carbocycles. The SMILES string of the molecule is CN(CCC[CH]C(=O)NC(N)=O)N=N[N+](=O)[O-]. The van der Waals surface area contributed by atoms with Crippen LogP contribution in [-0.4, -0.2) is 35.6 Å². The van der Waals surface area contributed by atoms with Crippen LogP contribution in [0.1, 0.15) is 12.8 Å². The molecule has 0 unspecified atom stereocenters. The molecule has 1 radical (unpaired) electrons. The number of carbonyl (C=O) groups excluding carboxylic acids is 2. The van der Waals surface area contributed by atoms with Gasteiger partial charge in [-0.25, -0.2) is 4.79 Å². The van der Waals surface area contributed by atoms with E-state index < -0.39 is 17.0 Å². The zero-order valence-corrected chi connectivity index (χ0v) is 9.20.